The number of urea groups is 1. The van der Waals surface area contributed by atoms with Gasteiger partial charge in [0.25, 0.3) is 5.91 Å². The van der Waals surface area contributed by atoms with Gasteiger partial charge in [-0.1, -0.05) is 0 Å². The number of hydrogen-bond donors (Lipinski definition) is 4. The third-order valence-corrected chi connectivity index (χ3v) is 4.07. The molecule has 120 valence electrons. The van der Waals surface area contributed by atoms with E-state index in [4.69, 9.17) is 0 Å². The molecule has 0 unspecified atom stereocenters. The minimum absolute atomic E-state index is 0.0835. The molecule has 4 amide bonds. The molecule has 0 spiro atoms. The normalized spacial score (nSPS) is 17.0. The molecule has 2 aromatic heterocycles. The van der Waals surface area contributed by atoms with Crippen LogP contribution in [-0.2, 0) is 9.59 Å². The Bertz CT molecular complexity index is 761. The van der Waals surface area contributed by atoms with Crippen molar-refractivity contribution >= 4 is 45.2 Å². The summed E-state index contributed by atoms with van der Waals surface area (Å²) in [6, 6.07) is 0.559. The zero-order chi connectivity index (χ0) is 16.2. The summed E-state index contributed by atoms with van der Waals surface area (Å²) in [5.41, 5.74) is 0. The fourth-order valence-corrected chi connectivity index (χ4v) is 2.91. The number of rotatable bonds is 6. The van der Waals surface area contributed by atoms with Gasteiger partial charge in [-0.25, -0.2) is 14.8 Å². The topological polar surface area (TPSA) is 125 Å². The molecule has 1 aliphatic heterocycles. The molecule has 0 saturated carbocycles. The minimum atomic E-state index is -0.803. The van der Waals surface area contributed by atoms with E-state index in [0.29, 0.717) is 18.9 Å². The highest BCUT2D eigenvalue weighted by Crippen LogP contribution is 2.23. The lowest BCUT2D eigenvalue weighted by molar-refractivity contribution is -0.126. The smallest absolute Gasteiger partial charge is 0.322 e. The van der Waals surface area contributed by atoms with Crippen molar-refractivity contribution in [3.8, 4) is 0 Å². The van der Waals surface area contributed by atoms with E-state index < -0.39 is 18.0 Å². The van der Waals surface area contributed by atoms with Crippen LogP contribution in [0.25, 0.3) is 10.2 Å². The molecule has 23 heavy (non-hydrogen) atoms. The van der Waals surface area contributed by atoms with Crippen LogP contribution >= 0.6 is 11.3 Å². The maximum atomic E-state index is 11.7. The first kappa shape index (κ1) is 15.2. The molecular formula is C13H14N6O3S. The molecule has 0 bridgehead atoms. The van der Waals surface area contributed by atoms with Crippen LogP contribution in [0.5, 0.6) is 0 Å². The highest BCUT2D eigenvalue weighted by Gasteiger charge is 2.30. The van der Waals surface area contributed by atoms with Gasteiger partial charge in [-0.3, -0.25) is 14.9 Å². The standard InChI is InChI=1S/C13H14N6O3S/c20-9(5-8-11(21)19-13(22)18-8)14-2-3-15-10-7-1-4-23-12(7)17-6-16-10/h1,4,6,8H,2-3,5H2,(H,14,20)(H,15,16,17)(H2,18,19,21,22)/t8-/m0/s1. The maximum Gasteiger partial charge on any atom is 0.322 e. The Morgan fingerprint density at radius 3 is 2.96 bits per heavy atom. The zero-order valence-electron chi connectivity index (χ0n) is 12.0. The quantitative estimate of drug-likeness (QED) is 0.429. The van der Waals surface area contributed by atoms with Crippen molar-refractivity contribution in [2.24, 2.45) is 0 Å². The number of fused-ring (bicyclic) bond motifs is 1. The fraction of sp³-hybridized carbons (Fsp3) is 0.308. The number of hydrogen-bond acceptors (Lipinski definition) is 7. The van der Waals surface area contributed by atoms with E-state index in [9.17, 15) is 14.4 Å². The molecule has 0 aliphatic carbocycles. The van der Waals surface area contributed by atoms with Gasteiger partial charge in [0, 0.05) is 13.1 Å². The first-order valence-electron chi connectivity index (χ1n) is 6.93. The molecule has 0 aromatic carbocycles. The molecule has 0 radical (unpaired) electrons. The van der Waals surface area contributed by atoms with Crippen LogP contribution in [0.4, 0.5) is 10.6 Å². The van der Waals surface area contributed by atoms with Crippen molar-refractivity contribution in [3.63, 3.8) is 0 Å². The average Bonchev–Trinajstić information content (AvgIpc) is 3.11. The highest BCUT2D eigenvalue weighted by atomic mass is 32.1. The Hall–Kier alpha value is -2.75. The fourth-order valence-electron chi connectivity index (χ4n) is 2.17. The number of aromatic nitrogens is 2. The van der Waals surface area contributed by atoms with E-state index in [-0.39, 0.29) is 12.3 Å². The van der Waals surface area contributed by atoms with Crippen molar-refractivity contribution in [2.45, 2.75) is 12.5 Å². The zero-order valence-corrected chi connectivity index (χ0v) is 12.8. The molecule has 1 fully saturated rings. The second-order valence-electron chi connectivity index (χ2n) is 4.86. The van der Waals surface area contributed by atoms with Crippen LogP contribution in [0.3, 0.4) is 0 Å². The van der Waals surface area contributed by atoms with Gasteiger partial charge in [-0.15, -0.1) is 11.3 Å². The summed E-state index contributed by atoms with van der Waals surface area (Å²) in [5.74, 6) is -0.0745. The second-order valence-corrected chi connectivity index (χ2v) is 5.75. The summed E-state index contributed by atoms with van der Waals surface area (Å²) >= 11 is 1.53. The van der Waals surface area contributed by atoms with E-state index in [2.05, 4.69) is 31.2 Å². The van der Waals surface area contributed by atoms with E-state index >= 15 is 0 Å². The van der Waals surface area contributed by atoms with Crippen LogP contribution in [0.1, 0.15) is 6.42 Å². The lowest BCUT2D eigenvalue weighted by Gasteiger charge is -2.09. The van der Waals surface area contributed by atoms with Crippen molar-refractivity contribution in [3.05, 3.63) is 17.8 Å². The van der Waals surface area contributed by atoms with Crippen LogP contribution in [-0.4, -0.2) is 46.9 Å². The van der Waals surface area contributed by atoms with Gasteiger partial charge in [0.1, 0.15) is 23.0 Å². The Labute approximate surface area is 134 Å². The summed E-state index contributed by atoms with van der Waals surface area (Å²) in [4.78, 5) is 43.2. The first-order valence-corrected chi connectivity index (χ1v) is 7.81. The van der Waals surface area contributed by atoms with Crippen molar-refractivity contribution in [1.82, 2.24) is 25.9 Å². The van der Waals surface area contributed by atoms with Gasteiger partial charge in [-0.2, -0.15) is 0 Å². The molecular weight excluding hydrogens is 320 g/mol. The summed E-state index contributed by atoms with van der Waals surface area (Å²) in [6.07, 6.45) is 1.40. The van der Waals surface area contributed by atoms with Gasteiger partial charge in [0.2, 0.25) is 5.91 Å². The molecule has 3 rings (SSSR count). The lowest BCUT2D eigenvalue weighted by atomic mass is 10.2. The van der Waals surface area contributed by atoms with Gasteiger partial charge < -0.3 is 16.0 Å². The summed E-state index contributed by atoms with van der Waals surface area (Å²) in [5, 5.41) is 13.1. The van der Waals surface area contributed by atoms with Crippen LogP contribution in [0, 0.1) is 0 Å². The van der Waals surface area contributed by atoms with Crippen molar-refractivity contribution in [2.75, 3.05) is 18.4 Å². The SMILES string of the molecule is O=C(C[C@@H]1NC(=O)NC1=O)NCCNc1ncnc2sccc12. The van der Waals surface area contributed by atoms with E-state index in [1.807, 2.05) is 11.4 Å². The minimum Gasteiger partial charge on any atom is -0.368 e. The second kappa shape index (κ2) is 6.57. The van der Waals surface area contributed by atoms with Crippen molar-refractivity contribution in [1.29, 1.82) is 0 Å². The number of amides is 4. The monoisotopic (exact) mass is 334 g/mol. The summed E-state index contributed by atoms with van der Waals surface area (Å²) in [6.45, 7) is 0.855. The van der Waals surface area contributed by atoms with Crippen LogP contribution < -0.4 is 21.3 Å². The van der Waals surface area contributed by atoms with E-state index in [1.54, 1.807) is 0 Å². The molecule has 1 saturated heterocycles. The molecule has 9 nitrogen and oxygen atoms in total. The third kappa shape index (κ3) is 3.54. The number of carbonyl (C=O) groups excluding carboxylic acids is 3. The largest absolute Gasteiger partial charge is 0.368 e. The van der Waals surface area contributed by atoms with Crippen molar-refractivity contribution < 1.29 is 14.4 Å². The summed E-state index contributed by atoms with van der Waals surface area (Å²) < 4.78 is 0. The van der Waals surface area contributed by atoms with E-state index in [1.165, 1.54) is 17.7 Å². The Kier molecular flexibility index (Phi) is 4.33. The Morgan fingerprint density at radius 2 is 2.17 bits per heavy atom. The van der Waals surface area contributed by atoms with Gasteiger partial charge >= 0.3 is 6.03 Å². The average molecular weight is 334 g/mol. The number of carbonyl (C=O) groups is 3. The Morgan fingerprint density at radius 1 is 1.30 bits per heavy atom. The first-order chi connectivity index (χ1) is 11.1. The van der Waals surface area contributed by atoms with Crippen LogP contribution in [0.2, 0.25) is 0 Å². The molecule has 3 heterocycles. The number of imide groups is 1. The third-order valence-electron chi connectivity index (χ3n) is 3.25. The Balaban J connectivity index is 1.43. The van der Waals surface area contributed by atoms with E-state index in [0.717, 1.165) is 10.2 Å². The summed E-state index contributed by atoms with van der Waals surface area (Å²) in [7, 11) is 0. The van der Waals surface area contributed by atoms with Gasteiger partial charge in [-0.05, 0) is 11.4 Å². The number of nitrogens with zero attached hydrogens (tertiary/aromatic N) is 2. The van der Waals surface area contributed by atoms with Crippen LogP contribution in [0.15, 0.2) is 17.8 Å². The lowest BCUT2D eigenvalue weighted by Crippen LogP contribution is -2.37. The predicted octanol–water partition coefficient (Wildman–Crippen LogP) is -0.183. The molecule has 10 heteroatoms. The molecule has 1 aliphatic rings. The predicted molar refractivity (Wildman–Crippen MR) is 84.0 cm³/mol. The maximum absolute atomic E-state index is 11.7. The molecule has 2 aromatic rings. The number of thiophene rings is 1. The molecule has 1 atom stereocenters. The number of nitrogens with one attached hydrogen (secondary N) is 4. The van der Waals surface area contributed by atoms with Gasteiger partial charge in [0.15, 0.2) is 0 Å². The number of anilines is 1. The highest BCUT2D eigenvalue weighted by molar-refractivity contribution is 7.16. The van der Waals surface area contributed by atoms with Gasteiger partial charge in [0.05, 0.1) is 11.8 Å². The molecule has 4 N–H and O–H groups in total.